The van der Waals surface area contributed by atoms with Gasteiger partial charge in [-0.1, -0.05) is 11.8 Å². The van der Waals surface area contributed by atoms with Crippen molar-refractivity contribution < 1.29 is 9.59 Å². The van der Waals surface area contributed by atoms with Gasteiger partial charge in [-0.05, 0) is 6.92 Å². The van der Waals surface area contributed by atoms with E-state index >= 15 is 0 Å². The first-order chi connectivity index (χ1) is 7.18. The Morgan fingerprint density at radius 3 is 2.88 bits per heavy atom. The molecule has 0 aromatic heterocycles. The highest BCUT2D eigenvalue weighted by Crippen LogP contribution is 2.16. The van der Waals surface area contributed by atoms with Crippen molar-refractivity contribution in [1.29, 1.82) is 0 Å². The lowest BCUT2D eigenvalue weighted by Crippen LogP contribution is -2.56. The summed E-state index contributed by atoms with van der Waals surface area (Å²) in [6.45, 7) is 4.43. The average Bonchev–Trinajstić information content (AvgIpc) is 2.65. The fourth-order valence-corrected chi connectivity index (χ4v) is 2.66. The third-order valence-corrected chi connectivity index (χ3v) is 3.64. The number of halogens is 1. The quantitative estimate of drug-likeness (QED) is 0.704. The van der Waals surface area contributed by atoms with Crippen molar-refractivity contribution in [2.75, 3.05) is 25.4 Å². The lowest BCUT2D eigenvalue weighted by molar-refractivity contribution is -0.135. The molecule has 1 unspecified atom stereocenters. The summed E-state index contributed by atoms with van der Waals surface area (Å²) < 4.78 is 0. The lowest BCUT2D eigenvalue weighted by Gasteiger charge is -2.35. The molecule has 2 amide bonds. The molecule has 0 bridgehead atoms. The highest BCUT2D eigenvalue weighted by atomic mass is 35.5. The average molecular weight is 266 g/mol. The molecule has 2 aliphatic heterocycles. The fraction of sp³-hybridized carbons (Fsp3) is 0.778. The summed E-state index contributed by atoms with van der Waals surface area (Å²) in [5.41, 5.74) is 0. The zero-order valence-corrected chi connectivity index (χ0v) is 10.7. The molecule has 0 aliphatic carbocycles. The molecule has 2 rings (SSSR count). The molecule has 0 aromatic carbocycles. The number of carbonyl (C=O) groups is 2. The van der Waals surface area contributed by atoms with Crippen molar-refractivity contribution in [3.63, 3.8) is 0 Å². The molecule has 5 nitrogen and oxygen atoms in total. The minimum absolute atomic E-state index is 0. The van der Waals surface area contributed by atoms with Crippen LogP contribution < -0.4 is 10.6 Å². The van der Waals surface area contributed by atoms with Crippen molar-refractivity contribution >= 4 is 35.3 Å². The Bertz CT molecular complexity index is 290. The first-order valence-electron chi connectivity index (χ1n) is 5.13. The highest BCUT2D eigenvalue weighted by Gasteiger charge is 2.33. The molecule has 2 atom stereocenters. The second-order valence-corrected chi connectivity index (χ2v) is 4.87. The van der Waals surface area contributed by atoms with Gasteiger partial charge in [0.05, 0.1) is 0 Å². The molecular weight excluding hydrogens is 250 g/mol. The maximum atomic E-state index is 12.0. The van der Waals surface area contributed by atoms with E-state index in [0.717, 1.165) is 19.6 Å². The Labute approximate surface area is 105 Å². The van der Waals surface area contributed by atoms with Crippen molar-refractivity contribution in [2.45, 2.75) is 19.0 Å². The van der Waals surface area contributed by atoms with Crippen molar-refractivity contribution in [1.82, 2.24) is 15.5 Å². The summed E-state index contributed by atoms with van der Waals surface area (Å²) in [5, 5.41) is 5.83. The van der Waals surface area contributed by atoms with Crippen LogP contribution in [0.5, 0.6) is 0 Å². The predicted octanol–water partition coefficient (Wildman–Crippen LogP) is 0.0535. The van der Waals surface area contributed by atoms with E-state index in [1.165, 1.54) is 11.8 Å². The van der Waals surface area contributed by atoms with Crippen molar-refractivity contribution in [3.8, 4) is 0 Å². The second-order valence-electron chi connectivity index (χ2n) is 3.88. The number of hydrogen-bond acceptors (Lipinski definition) is 4. The summed E-state index contributed by atoms with van der Waals surface area (Å²) in [5.74, 6) is 0.622. The fourth-order valence-electron chi connectivity index (χ4n) is 1.89. The molecule has 7 heteroatoms. The number of piperazine rings is 1. The molecule has 0 saturated carbocycles. The summed E-state index contributed by atoms with van der Waals surface area (Å²) >= 11 is 1.19. The number of nitrogens with one attached hydrogen (secondary N) is 2. The number of rotatable bonds is 1. The van der Waals surface area contributed by atoms with Crippen LogP contribution >= 0.6 is 24.2 Å². The Balaban J connectivity index is 0.00000128. The molecule has 2 heterocycles. The Morgan fingerprint density at radius 2 is 2.31 bits per heavy atom. The van der Waals surface area contributed by atoms with Crippen molar-refractivity contribution in [2.24, 2.45) is 0 Å². The predicted molar refractivity (Wildman–Crippen MR) is 66.1 cm³/mol. The van der Waals surface area contributed by atoms with Crippen LogP contribution in [0, 0.1) is 0 Å². The second kappa shape index (κ2) is 5.75. The molecule has 2 aliphatic rings. The van der Waals surface area contributed by atoms with Gasteiger partial charge in [0.2, 0.25) is 5.91 Å². The molecule has 0 radical (unpaired) electrons. The molecule has 2 saturated heterocycles. The summed E-state index contributed by atoms with van der Waals surface area (Å²) in [7, 11) is 0. The van der Waals surface area contributed by atoms with E-state index in [1.54, 1.807) is 0 Å². The first kappa shape index (κ1) is 13.6. The van der Waals surface area contributed by atoms with Crippen LogP contribution in [0.1, 0.15) is 6.92 Å². The van der Waals surface area contributed by atoms with Gasteiger partial charge in [0.25, 0.3) is 5.24 Å². The highest BCUT2D eigenvalue weighted by molar-refractivity contribution is 8.14. The van der Waals surface area contributed by atoms with Gasteiger partial charge in [-0.25, -0.2) is 0 Å². The van der Waals surface area contributed by atoms with Crippen LogP contribution in [-0.2, 0) is 4.79 Å². The zero-order valence-electron chi connectivity index (χ0n) is 9.06. The summed E-state index contributed by atoms with van der Waals surface area (Å²) in [6, 6.07) is -0.100. The lowest BCUT2D eigenvalue weighted by atomic mass is 10.2. The van der Waals surface area contributed by atoms with Crippen LogP contribution in [-0.4, -0.2) is 53.5 Å². The number of hydrogen-bond donors (Lipinski definition) is 2. The van der Waals surface area contributed by atoms with Crippen LogP contribution in [0.15, 0.2) is 0 Å². The number of carbonyl (C=O) groups excluding carboxylic acids is 2. The van der Waals surface area contributed by atoms with E-state index in [1.807, 2.05) is 11.8 Å². The minimum atomic E-state index is -0.317. The normalized spacial score (nSPS) is 29.6. The standard InChI is InChI=1S/C9H15N3O2S.ClH/c1-6-4-10-2-3-12(6)8(13)7-5-15-9(14)11-7;/h6-7,10H,2-5H2,1H3,(H,11,14);1H/t6?,7-;/m0./s1. The first-order valence-corrected chi connectivity index (χ1v) is 6.11. The van der Waals surface area contributed by atoms with Gasteiger partial charge in [0.1, 0.15) is 6.04 Å². The van der Waals surface area contributed by atoms with Gasteiger partial charge >= 0.3 is 0 Å². The minimum Gasteiger partial charge on any atom is -0.336 e. The van der Waals surface area contributed by atoms with E-state index in [-0.39, 0.29) is 35.6 Å². The SMILES string of the molecule is CC1CNCCN1C(=O)[C@@H]1CSC(=O)N1.Cl. The molecule has 92 valence electrons. The maximum absolute atomic E-state index is 12.0. The van der Waals surface area contributed by atoms with Gasteiger partial charge < -0.3 is 15.5 Å². The van der Waals surface area contributed by atoms with Crippen LogP contribution in [0.4, 0.5) is 4.79 Å². The summed E-state index contributed by atoms with van der Waals surface area (Å²) in [4.78, 5) is 24.9. The van der Waals surface area contributed by atoms with E-state index < -0.39 is 0 Å². The number of amides is 2. The Morgan fingerprint density at radius 1 is 1.56 bits per heavy atom. The van der Waals surface area contributed by atoms with E-state index in [4.69, 9.17) is 0 Å². The van der Waals surface area contributed by atoms with Gasteiger partial charge in [-0.15, -0.1) is 12.4 Å². The monoisotopic (exact) mass is 265 g/mol. The molecule has 2 N–H and O–H groups in total. The van der Waals surface area contributed by atoms with Gasteiger partial charge in [-0.2, -0.15) is 0 Å². The zero-order chi connectivity index (χ0) is 10.8. The van der Waals surface area contributed by atoms with Gasteiger partial charge in [0.15, 0.2) is 0 Å². The van der Waals surface area contributed by atoms with Gasteiger partial charge in [-0.3, -0.25) is 9.59 Å². The molecule has 0 spiro atoms. The van der Waals surface area contributed by atoms with Gasteiger partial charge in [0, 0.05) is 31.4 Å². The van der Waals surface area contributed by atoms with Crippen LogP contribution in [0.2, 0.25) is 0 Å². The molecular formula is C9H16ClN3O2S. The summed E-state index contributed by atoms with van der Waals surface area (Å²) in [6.07, 6.45) is 0. The molecule has 0 aromatic rings. The van der Waals surface area contributed by atoms with Crippen molar-refractivity contribution in [3.05, 3.63) is 0 Å². The third-order valence-electron chi connectivity index (χ3n) is 2.76. The maximum Gasteiger partial charge on any atom is 0.279 e. The molecule has 16 heavy (non-hydrogen) atoms. The third kappa shape index (κ3) is 2.81. The molecule has 2 fully saturated rings. The van der Waals surface area contributed by atoms with Crippen LogP contribution in [0.25, 0.3) is 0 Å². The van der Waals surface area contributed by atoms with Crippen LogP contribution in [0.3, 0.4) is 0 Å². The largest absolute Gasteiger partial charge is 0.336 e. The Hall–Kier alpha value is -0.460. The van der Waals surface area contributed by atoms with E-state index in [2.05, 4.69) is 10.6 Å². The smallest absolute Gasteiger partial charge is 0.279 e. The van der Waals surface area contributed by atoms with E-state index in [9.17, 15) is 9.59 Å². The number of nitrogens with zero attached hydrogens (tertiary/aromatic N) is 1. The van der Waals surface area contributed by atoms with E-state index in [0.29, 0.717) is 5.75 Å². The number of thioether (sulfide) groups is 1. The Kier molecular flexibility index (Phi) is 4.89. The topological polar surface area (TPSA) is 61.4 Å².